The third-order valence-corrected chi connectivity index (χ3v) is 3.52. The number of benzene rings is 1. The number of nitrogens with two attached hydrogens (primary N) is 1. The summed E-state index contributed by atoms with van der Waals surface area (Å²) in [6.07, 6.45) is 7.35. The van der Waals surface area contributed by atoms with Crippen LogP contribution in [0.5, 0.6) is 0 Å². The van der Waals surface area contributed by atoms with E-state index in [1.54, 1.807) is 24.1 Å². The molecule has 1 amide bonds. The van der Waals surface area contributed by atoms with Gasteiger partial charge in [0.15, 0.2) is 0 Å². The van der Waals surface area contributed by atoms with Gasteiger partial charge in [0.05, 0.1) is 0 Å². The van der Waals surface area contributed by atoms with Crippen LogP contribution < -0.4 is 10.6 Å². The number of amides is 1. The van der Waals surface area contributed by atoms with Gasteiger partial charge in [-0.05, 0) is 30.7 Å². The normalized spacial score (nSPS) is 10.6. The highest BCUT2D eigenvalue weighted by Crippen LogP contribution is 2.14. The Labute approximate surface area is 128 Å². The highest BCUT2D eigenvalue weighted by atomic mass is 16.5. The van der Waals surface area contributed by atoms with E-state index in [-0.39, 0.29) is 12.5 Å². The van der Waals surface area contributed by atoms with Gasteiger partial charge in [0.1, 0.15) is 6.61 Å². The number of likely N-dealkylation sites (N-methyl/N-ethyl adjacent to an activating group) is 1. The minimum Gasteiger partial charge on any atom is -0.399 e. The van der Waals surface area contributed by atoms with Crippen LogP contribution in [0.15, 0.2) is 24.3 Å². The van der Waals surface area contributed by atoms with E-state index >= 15 is 0 Å². The minimum absolute atomic E-state index is 0.0363. The Bertz CT molecular complexity index is 404. The highest BCUT2D eigenvalue weighted by Gasteiger charge is 2.10. The summed E-state index contributed by atoms with van der Waals surface area (Å²) in [7, 11) is 1.75. The molecule has 0 saturated carbocycles. The lowest BCUT2D eigenvalue weighted by Gasteiger charge is -2.17. The zero-order valence-corrected chi connectivity index (χ0v) is 13.3. The predicted octanol–water partition coefficient (Wildman–Crippen LogP) is 3.61. The lowest BCUT2D eigenvalue weighted by molar-refractivity contribution is -0.122. The SMILES string of the molecule is CCCCCCCCOCC(=O)N(C)c1ccc(N)cc1. The van der Waals surface area contributed by atoms with Gasteiger partial charge < -0.3 is 15.4 Å². The number of anilines is 2. The van der Waals surface area contributed by atoms with Crippen molar-refractivity contribution < 1.29 is 9.53 Å². The van der Waals surface area contributed by atoms with Crippen LogP contribution in [0.3, 0.4) is 0 Å². The summed E-state index contributed by atoms with van der Waals surface area (Å²) in [5, 5.41) is 0. The van der Waals surface area contributed by atoms with Crippen LogP contribution in [0.25, 0.3) is 0 Å². The summed E-state index contributed by atoms with van der Waals surface area (Å²) in [6.45, 7) is 3.01. The molecule has 0 radical (unpaired) electrons. The van der Waals surface area contributed by atoms with Crippen LogP contribution in [0.4, 0.5) is 11.4 Å². The summed E-state index contributed by atoms with van der Waals surface area (Å²) >= 11 is 0. The number of unbranched alkanes of at least 4 members (excludes halogenated alkanes) is 5. The van der Waals surface area contributed by atoms with Crippen LogP contribution in [-0.2, 0) is 9.53 Å². The smallest absolute Gasteiger partial charge is 0.252 e. The van der Waals surface area contributed by atoms with Crippen molar-refractivity contribution in [3.05, 3.63) is 24.3 Å². The Hall–Kier alpha value is -1.55. The summed E-state index contributed by atoms with van der Waals surface area (Å²) in [5.74, 6) is -0.0363. The maximum Gasteiger partial charge on any atom is 0.252 e. The lowest BCUT2D eigenvalue weighted by Crippen LogP contribution is -2.30. The first-order chi connectivity index (χ1) is 10.1. The molecule has 0 aliphatic rings. The molecule has 4 heteroatoms. The van der Waals surface area contributed by atoms with Crippen molar-refractivity contribution in [2.24, 2.45) is 0 Å². The first-order valence-electron chi connectivity index (χ1n) is 7.85. The molecule has 1 rings (SSSR count). The van der Waals surface area contributed by atoms with E-state index in [0.717, 1.165) is 12.1 Å². The van der Waals surface area contributed by atoms with Crippen molar-refractivity contribution in [2.45, 2.75) is 45.4 Å². The fourth-order valence-corrected chi connectivity index (χ4v) is 2.08. The van der Waals surface area contributed by atoms with Crippen molar-refractivity contribution in [3.8, 4) is 0 Å². The number of hydrogen-bond acceptors (Lipinski definition) is 3. The molecule has 0 aliphatic heterocycles. The molecule has 118 valence electrons. The van der Waals surface area contributed by atoms with Gasteiger partial charge in [0.25, 0.3) is 5.91 Å². The van der Waals surface area contributed by atoms with E-state index in [4.69, 9.17) is 10.5 Å². The van der Waals surface area contributed by atoms with E-state index in [0.29, 0.717) is 12.3 Å². The quantitative estimate of drug-likeness (QED) is 0.529. The Morgan fingerprint density at radius 2 is 1.71 bits per heavy atom. The van der Waals surface area contributed by atoms with Crippen molar-refractivity contribution in [2.75, 3.05) is 30.9 Å². The maximum absolute atomic E-state index is 12.0. The fourth-order valence-electron chi connectivity index (χ4n) is 2.08. The van der Waals surface area contributed by atoms with E-state index in [1.807, 2.05) is 12.1 Å². The molecule has 0 unspecified atom stereocenters. The molecular formula is C17H28N2O2. The Morgan fingerprint density at radius 1 is 1.10 bits per heavy atom. The maximum atomic E-state index is 12.0. The second kappa shape index (κ2) is 10.2. The van der Waals surface area contributed by atoms with Crippen molar-refractivity contribution in [3.63, 3.8) is 0 Å². The lowest BCUT2D eigenvalue weighted by atomic mass is 10.1. The van der Waals surface area contributed by atoms with E-state index in [2.05, 4.69) is 6.92 Å². The third-order valence-electron chi connectivity index (χ3n) is 3.52. The molecule has 1 aromatic rings. The van der Waals surface area contributed by atoms with Crippen LogP contribution >= 0.6 is 0 Å². The molecule has 2 N–H and O–H groups in total. The molecule has 0 saturated heterocycles. The average molecular weight is 292 g/mol. The first-order valence-corrected chi connectivity index (χ1v) is 7.85. The summed E-state index contributed by atoms with van der Waals surface area (Å²) in [4.78, 5) is 13.6. The van der Waals surface area contributed by atoms with E-state index < -0.39 is 0 Å². The summed E-state index contributed by atoms with van der Waals surface area (Å²) < 4.78 is 5.45. The molecule has 0 bridgehead atoms. The van der Waals surface area contributed by atoms with Crippen LogP contribution in [0.1, 0.15) is 45.4 Å². The third kappa shape index (κ3) is 7.14. The van der Waals surface area contributed by atoms with Crippen LogP contribution in [-0.4, -0.2) is 26.2 Å². The van der Waals surface area contributed by atoms with Gasteiger partial charge in [-0.25, -0.2) is 0 Å². The van der Waals surface area contributed by atoms with Gasteiger partial charge in [-0.3, -0.25) is 4.79 Å². The van der Waals surface area contributed by atoms with E-state index in [1.165, 1.54) is 32.1 Å². The standard InChI is InChI=1S/C17H28N2O2/c1-3-4-5-6-7-8-13-21-14-17(20)19(2)16-11-9-15(18)10-12-16/h9-12H,3-8,13-14,18H2,1-2H3. The van der Waals surface area contributed by atoms with Gasteiger partial charge in [0, 0.05) is 25.0 Å². The fraction of sp³-hybridized carbons (Fsp3) is 0.588. The second-order valence-corrected chi connectivity index (χ2v) is 5.36. The molecule has 0 spiro atoms. The van der Waals surface area contributed by atoms with E-state index in [9.17, 15) is 4.79 Å². The van der Waals surface area contributed by atoms with Gasteiger partial charge >= 0.3 is 0 Å². The number of carbonyl (C=O) groups is 1. The zero-order chi connectivity index (χ0) is 15.5. The number of ether oxygens (including phenoxy) is 1. The van der Waals surface area contributed by atoms with Crippen LogP contribution in [0, 0.1) is 0 Å². The molecule has 0 atom stereocenters. The Balaban J connectivity index is 2.14. The van der Waals surface area contributed by atoms with Crippen molar-refractivity contribution in [1.82, 2.24) is 0 Å². The number of nitrogen functional groups attached to an aromatic ring is 1. The predicted molar refractivity (Wildman–Crippen MR) is 88.5 cm³/mol. The molecular weight excluding hydrogens is 264 g/mol. The van der Waals surface area contributed by atoms with Gasteiger partial charge in [-0.2, -0.15) is 0 Å². The topological polar surface area (TPSA) is 55.6 Å². The Morgan fingerprint density at radius 3 is 2.38 bits per heavy atom. The largest absolute Gasteiger partial charge is 0.399 e. The number of nitrogens with zero attached hydrogens (tertiary/aromatic N) is 1. The average Bonchev–Trinajstić information content (AvgIpc) is 2.49. The second-order valence-electron chi connectivity index (χ2n) is 5.36. The molecule has 0 fully saturated rings. The monoisotopic (exact) mass is 292 g/mol. The van der Waals surface area contributed by atoms with Gasteiger partial charge in [-0.1, -0.05) is 39.0 Å². The highest BCUT2D eigenvalue weighted by molar-refractivity contribution is 5.93. The number of hydrogen-bond donors (Lipinski definition) is 1. The molecule has 4 nitrogen and oxygen atoms in total. The molecule has 0 aromatic heterocycles. The van der Waals surface area contributed by atoms with Crippen LogP contribution in [0.2, 0.25) is 0 Å². The molecule has 0 aliphatic carbocycles. The van der Waals surface area contributed by atoms with Crippen molar-refractivity contribution >= 4 is 17.3 Å². The van der Waals surface area contributed by atoms with Gasteiger partial charge in [-0.15, -0.1) is 0 Å². The summed E-state index contributed by atoms with van der Waals surface area (Å²) in [6, 6.07) is 7.24. The molecule has 21 heavy (non-hydrogen) atoms. The Kier molecular flexibility index (Phi) is 8.51. The summed E-state index contributed by atoms with van der Waals surface area (Å²) in [5.41, 5.74) is 7.16. The first kappa shape index (κ1) is 17.5. The molecule has 1 aromatic carbocycles. The number of carbonyl (C=O) groups excluding carboxylic acids is 1. The minimum atomic E-state index is -0.0363. The van der Waals surface area contributed by atoms with Crippen molar-refractivity contribution in [1.29, 1.82) is 0 Å². The van der Waals surface area contributed by atoms with Gasteiger partial charge in [0.2, 0.25) is 0 Å². The number of rotatable bonds is 10. The zero-order valence-electron chi connectivity index (χ0n) is 13.3. The molecule has 0 heterocycles.